The molecule has 0 saturated carbocycles. The standard InChI is InChI=1S/C19H21F2N3O5S/c1-13(25)23-15-5-9-17(10-6-15)30(27,28)24(2)12-18(26)22-11-14-3-7-16(8-4-14)29-19(20)21/h3-10,19H,11-12H2,1-2H3,(H,22,26)(H,23,25). The summed E-state index contributed by atoms with van der Waals surface area (Å²) in [6.45, 7) is -1.91. The Morgan fingerprint density at radius 2 is 1.67 bits per heavy atom. The monoisotopic (exact) mass is 441 g/mol. The fourth-order valence-corrected chi connectivity index (χ4v) is 3.55. The van der Waals surface area contributed by atoms with Gasteiger partial charge in [0.15, 0.2) is 0 Å². The Kier molecular flexibility index (Phi) is 7.84. The van der Waals surface area contributed by atoms with Crippen molar-refractivity contribution in [3.05, 3.63) is 54.1 Å². The van der Waals surface area contributed by atoms with Crippen LogP contribution in [-0.2, 0) is 26.2 Å². The molecule has 30 heavy (non-hydrogen) atoms. The van der Waals surface area contributed by atoms with Crippen molar-refractivity contribution in [3.8, 4) is 5.75 Å². The second-order valence-electron chi connectivity index (χ2n) is 6.27. The van der Waals surface area contributed by atoms with Gasteiger partial charge in [-0.25, -0.2) is 8.42 Å². The molecule has 2 aromatic rings. The molecule has 0 aliphatic rings. The van der Waals surface area contributed by atoms with E-state index in [1.165, 1.54) is 62.5 Å². The largest absolute Gasteiger partial charge is 0.435 e. The Balaban J connectivity index is 1.91. The van der Waals surface area contributed by atoms with Crippen LogP contribution in [0.15, 0.2) is 53.4 Å². The molecule has 8 nitrogen and oxygen atoms in total. The number of alkyl halides is 2. The Hall–Kier alpha value is -3.05. The molecule has 162 valence electrons. The van der Waals surface area contributed by atoms with E-state index < -0.39 is 29.1 Å². The first-order valence-electron chi connectivity index (χ1n) is 8.72. The van der Waals surface area contributed by atoms with E-state index in [1.807, 2.05) is 0 Å². The molecule has 0 saturated heterocycles. The van der Waals surface area contributed by atoms with Crippen molar-refractivity contribution in [2.24, 2.45) is 0 Å². The van der Waals surface area contributed by atoms with Gasteiger partial charge in [-0.1, -0.05) is 12.1 Å². The van der Waals surface area contributed by atoms with E-state index in [-0.39, 0.29) is 23.1 Å². The summed E-state index contributed by atoms with van der Waals surface area (Å²) in [4.78, 5) is 23.1. The minimum Gasteiger partial charge on any atom is -0.435 e. The summed E-state index contributed by atoms with van der Waals surface area (Å²) in [6, 6.07) is 11.3. The first kappa shape index (κ1) is 23.2. The van der Waals surface area contributed by atoms with E-state index in [4.69, 9.17) is 0 Å². The van der Waals surface area contributed by atoms with Crippen molar-refractivity contribution in [1.82, 2.24) is 9.62 Å². The summed E-state index contributed by atoms with van der Waals surface area (Å²) in [5.74, 6) is -0.824. The first-order valence-corrected chi connectivity index (χ1v) is 10.2. The molecule has 0 heterocycles. The average Bonchev–Trinajstić information content (AvgIpc) is 2.67. The Bertz CT molecular complexity index is 980. The second kappa shape index (κ2) is 10.1. The molecule has 2 rings (SSSR count). The highest BCUT2D eigenvalue weighted by atomic mass is 32.2. The maximum absolute atomic E-state index is 12.6. The second-order valence-corrected chi connectivity index (χ2v) is 8.31. The molecule has 0 spiro atoms. The lowest BCUT2D eigenvalue weighted by Crippen LogP contribution is -2.38. The molecule has 0 aliphatic heterocycles. The molecule has 0 radical (unpaired) electrons. The van der Waals surface area contributed by atoms with Gasteiger partial charge >= 0.3 is 6.61 Å². The molecule has 0 unspecified atom stereocenters. The fraction of sp³-hybridized carbons (Fsp3) is 0.263. The zero-order valence-corrected chi connectivity index (χ0v) is 17.1. The summed E-state index contributed by atoms with van der Waals surface area (Å²) < 4.78 is 54.6. The van der Waals surface area contributed by atoms with Crippen molar-refractivity contribution < 1.29 is 31.5 Å². The number of anilines is 1. The van der Waals surface area contributed by atoms with Gasteiger partial charge in [-0.3, -0.25) is 9.59 Å². The SMILES string of the molecule is CC(=O)Nc1ccc(S(=O)(=O)N(C)CC(=O)NCc2ccc(OC(F)F)cc2)cc1. The van der Waals surface area contributed by atoms with Gasteiger partial charge < -0.3 is 15.4 Å². The van der Waals surface area contributed by atoms with Gasteiger partial charge in [0.2, 0.25) is 21.8 Å². The molecular weight excluding hydrogens is 420 g/mol. The molecule has 0 aromatic heterocycles. The topological polar surface area (TPSA) is 105 Å². The minimum atomic E-state index is -3.91. The molecule has 0 aliphatic carbocycles. The summed E-state index contributed by atoms with van der Waals surface area (Å²) in [6.07, 6.45) is 0. The number of benzene rings is 2. The third-order valence-electron chi connectivity index (χ3n) is 3.89. The maximum Gasteiger partial charge on any atom is 0.387 e. The number of likely N-dealkylation sites (N-methyl/N-ethyl adjacent to an activating group) is 1. The number of halogens is 2. The van der Waals surface area contributed by atoms with Gasteiger partial charge in [0.25, 0.3) is 0 Å². The minimum absolute atomic E-state index is 0.00424. The summed E-state index contributed by atoms with van der Waals surface area (Å²) >= 11 is 0. The normalized spacial score (nSPS) is 11.4. The van der Waals surface area contributed by atoms with Crippen LogP contribution in [-0.4, -0.2) is 44.7 Å². The third kappa shape index (κ3) is 6.78. The highest BCUT2D eigenvalue weighted by Crippen LogP contribution is 2.18. The predicted octanol–water partition coefficient (Wildman–Crippen LogP) is 2.18. The number of hydrogen-bond donors (Lipinski definition) is 2. The Morgan fingerprint density at radius 1 is 1.07 bits per heavy atom. The van der Waals surface area contributed by atoms with Crippen LogP contribution in [0.3, 0.4) is 0 Å². The van der Waals surface area contributed by atoms with Crippen molar-refractivity contribution in [2.45, 2.75) is 25.0 Å². The quantitative estimate of drug-likeness (QED) is 0.621. The average molecular weight is 441 g/mol. The van der Waals surface area contributed by atoms with Crippen molar-refractivity contribution in [3.63, 3.8) is 0 Å². The van der Waals surface area contributed by atoms with Crippen molar-refractivity contribution in [2.75, 3.05) is 18.9 Å². The van der Waals surface area contributed by atoms with Crippen LogP contribution in [0.1, 0.15) is 12.5 Å². The number of carbonyl (C=O) groups excluding carboxylic acids is 2. The summed E-state index contributed by atoms with van der Waals surface area (Å²) in [5, 5.41) is 5.10. The summed E-state index contributed by atoms with van der Waals surface area (Å²) in [5.41, 5.74) is 1.08. The van der Waals surface area contributed by atoms with Crippen LogP contribution in [0, 0.1) is 0 Å². The highest BCUT2D eigenvalue weighted by Gasteiger charge is 2.22. The lowest BCUT2D eigenvalue weighted by Gasteiger charge is -2.17. The fourth-order valence-electron chi connectivity index (χ4n) is 2.43. The van der Waals surface area contributed by atoms with Gasteiger partial charge in [-0.15, -0.1) is 0 Å². The van der Waals surface area contributed by atoms with Crippen molar-refractivity contribution >= 4 is 27.5 Å². The number of nitrogens with one attached hydrogen (secondary N) is 2. The smallest absolute Gasteiger partial charge is 0.387 e. The predicted molar refractivity (Wildman–Crippen MR) is 105 cm³/mol. The van der Waals surface area contributed by atoms with Crippen LogP contribution in [0.2, 0.25) is 0 Å². The van der Waals surface area contributed by atoms with E-state index in [2.05, 4.69) is 15.4 Å². The highest BCUT2D eigenvalue weighted by molar-refractivity contribution is 7.89. The molecule has 2 aromatic carbocycles. The van der Waals surface area contributed by atoms with E-state index >= 15 is 0 Å². The molecule has 11 heteroatoms. The van der Waals surface area contributed by atoms with Gasteiger partial charge in [0.05, 0.1) is 11.4 Å². The zero-order valence-electron chi connectivity index (χ0n) is 16.3. The van der Waals surface area contributed by atoms with E-state index in [1.54, 1.807) is 0 Å². The number of rotatable bonds is 9. The molecule has 0 bridgehead atoms. The van der Waals surface area contributed by atoms with Gasteiger partial charge in [0.1, 0.15) is 5.75 Å². The Labute approximate surface area is 172 Å². The van der Waals surface area contributed by atoms with E-state index in [9.17, 15) is 26.8 Å². The molecular formula is C19H21F2N3O5S. The molecule has 2 amide bonds. The maximum atomic E-state index is 12.6. The first-order chi connectivity index (χ1) is 14.1. The molecule has 0 atom stereocenters. The molecule has 0 fully saturated rings. The van der Waals surface area contributed by atoms with Gasteiger partial charge in [-0.2, -0.15) is 13.1 Å². The molecule has 2 N–H and O–H groups in total. The van der Waals surface area contributed by atoms with Gasteiger partial charge in [-0.05, 0) is 42.0 Å². The van der Waals surface area contributed by atoms with Gasteiger partial charge in [0, 0.05) is 26.2 Å². The zero-order chi connectivity index (χ0) is 22.3. The lowest BCUT2D eigenvalue weighted by atomic mass is 10.2. The number of carbonyl (C=O) groups is 2. The Morgan fingerprint density at radius 3 is 2.20 bits per heavy atom. The van der Waals surface area contributed by atoms with E-state index in [0.29, 0.717) is 11.3 Å². The summed E-state index contributed by atoms with van der Waals surface area (Å²) in [7, 11) is -2.64. The van der Waals surface area contributed by atoms with Crippen LogP contribution >= 0.6 is 0 Å². The van der Waals surface area contributed by atoms with Crippen LogP contribution in [0.5, 0.6) is 5.75 Å². The number of amides is 2. The number of sulfonamides is 1. The van der Waals surface area contributed by atoms with Crippen LogP contribution < -0.4 is 15.4 Å². The van der Waals surface area contributed by atoms with Crippen LogP contribution in [0.4, 0.5) is 14.5 Å². The third-order valence-corrected chi connectivity index (χ3v) is 5.70. The number of ether oxygens (including phenoxy) is 1. The number of nitrogens with zero attached hydrogens (tertiary/aromatic N) is 1. The lowest BCUT2D eigenvalue weighted by molar-refractivity contribution is -0.121. The van der Waals surface area contributed by atoms with Crippen LogP contribution in [0.25, 0.3) is 0 Å². The van der Waals surface area contributed by atoms with Crippen molar-refractivity contribution in [1.29, 1.82) is 0 Å². The number of hydrogen-bond acceptors (Lipinski definition) is 5. The van der Waals surface area contributed by atoms with E-state index in [0.717, 1.165) is 4.31 Å².